The third kappa shape index (κ3) is 3.13. The molecule has 0 unspecified atom stereocenters. The first-order chi connectivity index (χ1) is 8.06. The van der Waals surface area contributed by atoms with Gasteiger partial charge in [0, 0.05) is 13.7 Å². The molecule has 2 rings (SSSR count). The van der Waals surface area contributed by atoms with Crippen molar-refractivity contribution >= 4 is 55.6 Å². The van der Waals surface area contributed by atoms with E-state index in [-0.39, 0.29) is 0 Å². The van der Waals surface area contributed by atoms with Gasteiger partial charge >= 0.3 is 0 Å². The van der Waals surface area contributed by atoms with Gasteiger partial charge in [0.2, 0.25) is 0 Å². The van der Waals surface area contributed by atoms with Crippen molar-refractivity contribution < 1.29 is 0 Å². The fraction of sp³-hybridized carbons (Fsp3) is 0.0769. The van der Waals surface area contributed by atoms with Gasteiger partial charge in [0.05, 0.1) is 11.4 Å². The minimum absolute atomic E-state index is 0.763. The normalized spacial score (nSPS) is 10.3. The van der Waals surface area contributed by atoms with E-state index in [9.17, 15) is 0 Å². The first-order valence-electron chi connectivity index (χ1n) is 5.14. The highest BCUT2D eigenvalue weighted by Gasteiger charge is 2.03. The lowest BCUT2D eigenvalue weighted by Crippen LogP contribution is -1.98. The first kappa shape index (κ1) is 12.7. The van der Waals surface area contributed by atoms with E-state index in [1.165, 1.54) is 5.56 Å². The van der Waals surface area contributed by atoms with Crippen molar-refractivity contribution in [2.75, 3.05) is 11.1 Å². The van der Waals surface area contributed by atoms with Crippen molar-refractivity contribution in [3.8, 4) is 0 Å². The molecule has 17 heavy (non-hydrogen) atoms. The summed E-state index contributed by atoms with van der Waals surface area (Å²) in [5.41, 5.74) is 9.92. The summed E-state index contributed by atoms with van der Waals surface area (Å²) in [6, 6.07) is 12.1. The smallest absolute Gasteiger partial charge is 0.0618 e. The van der Waals surface area contributed by atoms with Gasteiger partial charge in [0.15, 0.2) is 0 Å². The zero-order valence-corrected chi connectivity index (χ0v) is 13.0. The van der Waals surface area contributed by atoms with E-state index in [1.54, 1.807) is 0 Å². The summed E-state index contributed by atoms with van der Waals surface area (Å²) >= 11 is 5.70. The molecule has 0 amide bonds. The van der Waals surface area contributed by atoms with Crippen molar-refractivity contribution in [2.24, 2.45) is 0 Å². The Bertz CT molecular complexity index is 506. The van der Waals surface area contributed by atoms with Crippen molar-refractivity contribution in [3.63, 3.8) is 0 Å². The van der Waals surface area contributed by atoms with Crippen LogP contribution in [0.2, 0.25) is 0 Å². The van der Waals surface area contributed by atoms with E-state index < -0.39 is 0 Å². The largest absolute Gasteiger partial charge is 0.397 e. The molecule has 0 aliphatic carbocycles. The molecule has 4 heteroatoms. The van der Waals surface area contributed by atoms with E-state index in [0.717, 1.165) is 25.1 Å². The summed E-state index contributed by atoms with van der Waals surface area (Å²) in [7, 11) is 0. The maximum Gasteiger partial charge on any atom is 0.0618 e. The van der Waals surface area contributed by atoms with E-state index >= 15 is 0 Å². The Hall–Kier alpha value is -0.750. The number of nitrogen functional groups attached to an aromatic ring is 1. The molecule has 0 aliphatic heterocycles. The summed E-state index contributed by atoms with van der Waals surface area (Å²) in [4.78, 5) is 0. The molecule has 2 aromatic carbocycles. The molecular weight excluding hydrogens is 391 g/mol. The van der Waals surface area contributed by atoms with Gasteiger partial charge in [0.1, 0.15) is 0 Å². The Morgan fingerprint density at radius 3 is 2.47 bits per heavy atom. The number of hydrogen-bond donors (Lipinski definition) is 2. The van der Waals surface area contributed by atoms with Crippen LogP contribution in [0.15, 0.2) is 40.9 Å². The van der Waals surface area contributed by atoms with Crippen LogP contribution in [0.25, 0.3) is 0 Å². The molecular formula is C13H12BrIN2. The second-order valence-corrected chi connectivity index (χ2v) is 5.98. The molecule has 0 fully saturated rings. The van der Waals surface area contributed by atoms with E-state index in [1.807, 2.05) is 30.3 Å². The van der Waals surface area contributed by atoms with Crippen molar-refractivity contribution in [3.05, 3.63) is 50.0 Å². The van der Waals surface area contributed by atoms with E-state index in [0.29, 0.717) is 0 Å². The molecule has 0 heterocycles. The Labute approximate surface area is 123 Å². The Morgan fingerprint density at radius 1 is 1.12 bits per heavy atom. The monoisotopic (exact) mass is 402 g/mol. The van der Waals surface area contributed by atoms with Crippen LogP contribution >= 0.6 is 38.5 Å². The topological polar surface area (TPSA) is 38.0 Å². The van der Waals surface area contributed by atoms with Gasteiger partial charge in [-0.15, -0.1) is 0 Å². The molecule has 0 radical (unpaired) electrons. The van der Waals surface area contributed by atoms with Crippen LogP contribution in [-0.2, 0) is 0 Å². The summed E-state index contributed by atoms with van der Waals surface area (Å²) in [5, 5.41) is 3.35. The van der Waals surface area contributed by atoms with Crippen LogP contribution < -0.4 is 11.1 Å². The summed E-state index contributed by atoms with van der Waals surface area (Å²) in [6.07, 6.45) is 0. The molecule has 0 bridgehead atoms. The number of hydrogen-bond acceptors (Lipinski definition) is 2. The lowest BCUT2D eigenvalue weighted by Gasteiger charge is -2.12. The Kier molecular flexibility index (Phi) is 3.93. The lowest BCUT2D eigenvalue weighted by molar-refractivity contribution is 1.41. The summed E-state index contributed by atoms with van der Waals surface area (Å²) < 4.78 is 2.22. The van der Waals surface area contributed by atoms with Gasteiger partial charge in [-0.3, -0.25) is 0 Å². The van der Waals surface area contributed by atoms with Gasteiger partial charge < -0.3 is 11.1 Å². The molecule has 0 saturated heterocycles. The zero-order valence-electron chi connectivity index (χ0n) is 9.30. The Balaban J connectivity index is 2.31. The standard InChI is InChI=1S/C13H12BrIN2/c1-8-6-9(14)2-4-12(8)17-13-5-3-10(15)7-11(13)16/h2-7,17H,16H2,1H3. The van der Waals surface area contributed by atoms with E-state index in [4.69, 9.17) is 5.73 Å². The average Bonchev–Trinajstić information content (AvgIpc) is 2.25. The minimum Gasteiger partial charge on any atom is -0.397 e. The van der Waals surface area contributed by atoms with Crippen molar-refractivity contribution in [1.29, 1.82) is 0 Å². The first-order valence-corrected chi connectivity index (χ1v) is 7.01. The van der Waals surface area contributed by atoms with Gasteiger partial charge in [-0.25, -0.2) is 0 Å². The number of halogens is 2. The molecule has 0 atom stereocenters. The maximum atomic E-state index is 5.97. The van der Waals surface area contributed by atoms with Crippen molar-refractivity contribution in [2.45, 2.75) is 6.92 Å². The predicted molar refractivity (Wildman–Crippen MR) is 85.7 cm³/mol. The highest BCUT2D eigenvalue weighted by Crippen LogP contribution is 2.28. The quantitative estimate of drug-likeness (QED) is 0.565. The SMILES string of the molecule is Cc1cc(Br)ccc1Nc1ccc(I)cc1N. The second-order valence-electron chi connectivity index (χ2n) is 3.82. The summed E-state index contributed by atoms with van der Waals surface area (Å²) in [5.74, 6) is 0. The molecule has 88 valence electrons. The molecule has 3 N–H and O–H groups in total. The number of anilines is 3. The number of benzene rings is 2. The van der Waals surface area contributed by atoms with Crippen LogP contribution in [0.1, 0.15) is 5.56 Å². The average molecular weight is 403 g/mol. The number of rotatable bonds is 2. The fourth-order valence-electron chi connectivity index (χ4n) is 1.56. The van der Waals surface area contributed by atoms with Crippen LogP contribution in [0.4, 0.5) is 17.1 Å². The Morgan fingerprint density at radius 2 is 1.82 bits per heavy atom. The predicted octanol–water partition coefficient (Wildman–Crippen LogP) is 4.69. The molecule has 2 nitrogen and oxygen atoms in total. The van der Waals surface area contributed by atoms with Crippen LogP contribution in [0.3, 0.4) is 0 Å². The number of nitrogens with two attached hydrogens (primary N) is 1. The highest BCUT2D eigenvalue weighted by molar-refractivity contribution is 14.1. The molecule has 2 aromatic rings. The fourth-order valence-corrected chi connectivity index (χ4v) is 2.55. The highest BCUT2D eigenvalue weighted by atomic mass is 127. The molecule has 0 spiro atoms. The molecule has 0 aromatic heterocycles. The summed E-state index contributed by atoms with van der Waals surface area (Å²) in [6.45, 7) is 2.07. The number of nitrogens with one attached hydrogen (secondary N) is 1. The molecule has 0 aliphatic rings. The minimum atomic E-state index is 0.763. The van der Waals surface area contributed by atoms with Gasteiger partial charge in [0.25, 0.3) is 0 Å². The lowest BCUT2D eigenvalue weighted by atomic mass is 10.2. The van der Waals surface area contributed by atoms with Gasteiger partial charge in [-0.2, -0.15) is 0 Å². The van der Waals surface area contributed by atoms with Crippen LogP contribution in [0.5, 0.6) is 0 Å². The van der Waals surface area contributed by atoms with E-state index in [2.05, 4.69) is 56.8 Å². The van der Waals surface area contributed by atoms with Gasteiger partial charge in [-0.05, 0) is 71.5 Å². The third-order valence-electron chi connectivity index (χ3n) is 2.47. The third-order valence-corrected chi connectivity index (χ3v) is 3.64. The number of aryl methyl sites for hydroxylation is 1. The molecule has 0 saturated carbocycles. The van der Waals surface area contributed by atoms with Crippen LogP contribution in [-0.4, -0.2) is 0 Å². The second kappa shape index (κ2) is 5.27. The maximum absolute atomic E-state index is 5.97. The van der Waals surface area contributed by atoms with Crippen LogP contribution in [0, 0.1) is 10.5 Å². The zero-order chi connectivity index (χ0) is 12.4. The van der Waals surface area contributed by atoms with Gasteiger partial charge in [-0.1, -0.05) is 15.9 Å². The van der Waals surface area contributed by atoms with Crippen molar-refractivity contribution in [1.82, 2.24) is 0 Å².